The summed E-state index contributed by atoms with van der Waals surface area (Å²) in [5.74, 6) is 0.212. The lowest BCUT2D eigenvalue weighted by Crippen LogP contribution is -2.16. The van der Waals surface area contributed by atoms with E-state index in [-0.39, 0.29) is 11.7 Å². The van der Waals surface area contributed by atoms with Crippen LogP contribution in [0.1, 0.15) is 27.3 Å². The molecule has 4 aromatic rings. The SMILES string of the molecule is Cc1cccc(-c2nc(C(=O)Nc3c(C)cccc3C)nn2-c2ccc(Cl)c(Cl)c2)c1. The number of amides is 1. The van der Waals surface area contributed by atoms with Crippen molar-refractivity contribution in [2.45, 2.75) is 20.8 Å². The molecule has 5 nitrogen and oxygen atoms in total. The molecule has 1 amide bonds. The van der Waals surface area contributed by atoms with Crippen LogP contribution in [0.15, 0.2) is 60.7 Å². The topological polar surface area (TPSA) is 59.8 Å². The van der Waals surface area contributed by atoms with Gasteiger partial charge in [0.1, 0.15) is 0 Å². The number of aromatic nitrogens is 3. The Labute approximate surface area is 190 Å². The number of aryl methyl sites for hydroxylation is 3. The van der Waals surface area contributed by atoms with Gasteiger partial charge in [-0.15, -0.1) is 5.10 Å². The van der Waals surface area contributed by atoms with Crippen molar-refractivity contribution in [3.8, 4) is 17.1 Å². The van der Waals surface area contributed by atoms with Gasteiger partial charge in [0.05, 0.1) is 15.7 Å². The summed E-state index contributed by atoms with van der Waals surface area (Å²) >= 11 is 12.3. The summed E-state index contributed by atoms with van der Waals surface area (Å²) in [5, 5.41) is 8.29. The number of carbonyl (C=O) groups is 1. The molecule has 31 heavy (non-hydrogen) atoms. The lowest BCUT2D eigenvalue weighted by Gasteiger charge is -2.09. The first-order valence-corrected chi connectivity index (χ1v) is 10.5. The summed E-state index contributed by atoms with van der Waals surface area (Å²) in [4.78, 5) is 17.6. The van der Waals surface area contributed by atoms with Crippen molar-refractivity contribution in [2.75, 3.05) is 5.32 Å². The van der Waals surface area contributed by atoms with E-state index in [0.29, 0.717) is 21.6 Å². The third-order valence-corrected chi connectivity index (χ3v) is 5.69. The summed E-state index contributed by atoms with van der Waals surface area (Å²) in [6, 6.07) is 18.9. The van der Waals surface area contributed by atoms with Gasteiger partial charge >= 0.3 is 0 Å². The van der Waals surface area contributed by atoms with Gasteiger partial charge < -0.3 is 5.32 Å². The largest absolute Gasteiger partial charge is 0.319 e. The summed E-state index contributed by atoms with van der Waals surface area (Å²) < 4.78 is 1.61. The molecule has 0 spiro atoms. The molecule has 0 bridgehead atoms. The van der Waals surface area contributed by atoms with E-state index in [4.69, 9.17) is 23.2 Å². The van der Waals surface area contributed by atoms with Gasteiger partial charge in [0.15, 0.2) is 5.82 Å². The van der Waals surface area contributed by atoms with Crippen molar-refractivity contribution >= 4 is 34.8 Å². The molecule has 7 heteroatoms. The third-order valence-electron chi connectivity index (χ3n) is 4.95. The average molecular weight is 451 g/mol. The number of rotatable bonds is 4. The predicted molar refractivity (Wildman–Crippen MR) is 125 cm³/mol. The highest BCUT2D eigenvalue weighted by molar-refractivity contribution is 6.42. The van der Waals surface area contributed by atoms with E-state index >= 15 is 0 Å². The monoisotopic (exact) mass is 450 g/mol. The van der Waals surface area contributed by atoms with Crippen LogP contribution in [0.25, 0.3) is 17.1 Å². The molecule has 0 aliphatic carbocycles. The first-order valence-electron chi connectivity index (χ1n) is 9.70. The zero-order valence-electron chi connectivity index (χ0n) is 17.3. The molecule has 0 aliphatic rings. The van der Waals surface area contributed by atoms with E-state index in [2.05, 4.69) is 15.4 Å². The summed E-state index contributed by atoms with van der Waals surface area (Å²) in [6.07, 6.45) is 0. The second-order valence-electron chi connectivity index (χ2n) is 7.36. The molecular formula is C24H20Cl2N4O. The van der Waals surface area contributed by atoms with E-state index in [0.717, 1.165) is 27.9 Å². The van der Waals surface area contributed by atoms with Crippen LogP contribution in [0.4, 0.5) is 5.69 Å². The van der Waals surface area contributed by atoms with Gasteiger partial charge in [-0.25, -0.2) is 9.67 Å². The first-order chi connectivity index (χ1) is 14.8. The van der Waals surface area contributed by atoms with Crippen LogP contribution in [0, 0.1) is 20.8 Å². The molecular weight excluding hydrogens is 431 g/mol. The molecule has 4 rings (SSSR count). The second kappa shape index (κ2) is 8.53. The Bertz CT molecular complexity index is 1280. The molecule has 0 fully saturated rings. The molecule has 156 valence electrons. The fourth-order valence-electron chi connectivity index (χ4n) is 3.36. The van der Waals surface area contributed by atoms with Crippen molar-refractivity contribution in [2.24, 2.45) is 0 Å². The fourth-order valence-corrected chi connectivity index (χ4v) is 3.65. The highest BCUT2D eigenvalue weighted by atomic mass is 35.5. The van der Waals surface area contributed by atoms with Crippen molar-refractivity contribution in [1.29, 1.82) is 0 Å². The Morgan fingerprint density at radius 3 is 2.29 bits per heavy atom. The zero-order chi connectivity index (χ0) is 22.1. The lowest BCUT2D eigenvalue weighted by atomic mass is 10.1. The Morgan fingerprint density at radius 1 is 0.903 bits per heavy atom. The minimum absolute atomic E-state index is 0.0604. The van der Waals surface area contributed by atoms with E-state index in [9.17, 15) is 4.79 Å². The molecule has 0 unspecified atom stereocenters. The van der Waals surface area contributed by atoms with Crippen molar-refractivity contribution < 1.29 is 4.79 Å². The maximum absolute atomic E-state index is 13.0. The minimum atomic E-state index is -0.384. The maximum atomic E-state index is 13.0. The molecule has 3 aromatic carbocycles. The smallest absolute Gasteiger partial charge is 0.295 e. The Kier molecular flexibility index (Phi) is 5.81. The number of nitrogens with one attached hydrogen (secondary N) is 1. The number of hydrogen-bond donors (Lipinski definition) is 1. The van der Waals surface area contributed by atoms with Crippen LogP contribution in [-0.2, 0) is 0 Å². The van der Waals surface area contributed by atoms with Crippen molar-refractivity contribution in [3.05, 3.63) is 93.2 Å². The first kappa shape index (κ1) is 21.1. The second-order valence-corrected chi connectivity index (χ2v) is 8.17. The predicted octanol–water partition coefficient (Wildman–Crippen LogP) is 6.42. The number of hydrogen-bond acceptors (Lipinski definition) is 3. The van der Waals surface area contributed by atoms with Gasteiger partial charge in [-0.05, 0) is 56.2 Å². The molecule has 0 aliphatic heterocycles. The number of anilines is 1. The summed E-state index contributed by atoms with van der Waals surface area (Å²) in [6.45, 7) is 5.89. The quantitative estimate of drug-likeness (QED) is 0.390. The number of nitrogens with zero attached hydrogens (tertiary/aromatic N) is 3. The lowest BCUT2D eigenvalue weighted by molar-refractivity contribution is 0.101. The van der Waals surface area contributed by atoms with Gasteiger partial charge in [-0.1, -0.05) is 65.2 Å². The number of carbonyl (C=O) groups excluding carboxylic acids is 1. The average Bonchev–Trinajstić information content (AvgIpc) is 3.18. The molecule has 1 N–H and O–H groups in total. The maximum Gasteiger partial charge on any atom is 0.295 e. The van der Waals surface area contributed by atoms with Gasteiger partial charge in [0.2, 0.25) is 5.82 Å². The van der Waals surface area contributed by atoms with Gasteiger partial charge in [-0.3, -0.25) is 4.79 Å². The Morgan fingerprint density at radius 2 is 1.61 bits per heavy atom. The van der Waals surface area contributed by atoms with Crippen LogP contribution in [0.2, 0.25) is 10.0 Å². The van der Waals surface area contributed by atoms with E-state index in [1.54, 1.807) is 22.9 Å². The molecule has 1 aromatic heterocycles. The van der Waals surface area contributed by atoms with Crippen LogP contribution in [0.5, 0.6) is 0 Å². The Balaban J connectivity index is 1.81. The summed E-state index contributed by atoms with van der Waals surface area (Å²) in [7, 11) is 0. The van der Waals surface area contributed by atoms with Crippen molar-refractivity contribution in [3.63, 3.8) is 0 Å². The van der Waals surface area contributed by atoms with Crippen molar-refractivity contribution in [1.82, 2.24) is 14.8 Å². The fraction of sp³-hybridized carbons (Fsp3) is 0.125. The molecule has 0 radical (unpaired) electrons. The number of para-hydroxylation sites is 1. The molecule has 0 atom stereocenters. The van der Waals surface area contributed by atoms with Crippen LogP contribution in [-0.4, -0.2) is 20.7 Å². The number of benzene rings is 3. The van der Waals surface area contributed by atoms with Gasteiger partial charge in [-0.2, -0.15) is 0 Å². The van der Waals surface area contributed by atoms with E-state index in [1.807, 2.05) is 63.2 Å². The third kappa shape index (κ3) is 4.33. The van der Waals surface area contributed by atoms with Crippen LogP contribution in [0.3, 0.4) is 0 Å². The molecule has 0 saturated carbocycles. The highest BCUT2D eigenvalue weighted by Gasteiger charge is 2.20. The van der Waals surface area contributed by atoms with E-state index in [1.165, 1.54) is 0 Å². The zero-order valence-corrected chi connectivity index (χ0v) is 18.8. The van der Waals surface area contributed by atoms with Crippen LogP contribution < -0.4 is 5.32 Å². The minimum Gasteiger partial charge on any atom is -0.319 e. The summed E-state index contributed by atoms with van der Waals surface area (Å²) in [5.41, 5.74) is 5.26. The highest BCUT2D eigenvalue weighted by Crippen LogP contribution is 2.28. The van der Waals surface area contributed by atoms with Crippen LogP contribution >= 0.6 is 23.2 Å². The van der Waals surface area contributed by atoms with Gasteiger partial charge in [0.25, 0.3) is 5.91 Å². The normalized spacial score (nSPS) is 10.9. The Hall–Kier alpha value is -3.15. The number of halogens is 2. The molecule has 1 heterocycles. The standard InChI is InChI=1S/C24H20Cl2N4O/c1-14-6-4-9-17(12-14)23-28-22(24(31)27-21-15(2)7-5-8-16(21)3)29-30(23)18-10-11-19(25)20(26)13-18/h4-13H,1-3H3,(H,27,31). The van der Waals surface area contributed by atoms with Gasteiger partial charge in [0, 0.05) is 11.3 Å². The van der Waals surface area contributed by atoms with E-state index < -0.39 is 0 Å². The molecule has 0 saturated heterocycles.